The molecule has 1 rings (SSSR count). The number of pyridine rings is 1. The molecule has 0 aliphatic carbocycles. The molecule has 0 unspecified atom stereocenters. The predicted octanol–water partition coefficient (Wildman–Crippen LogP) is 1.46. The van der Waals surface area contributed by atoms with Crippen molar-refractivity contribution in [2.24, 2.45) is 11.6 Å². The van der Waals surface area contributed by atoms with Gasteiger partial charge in [0, 0.05) is 17.8 Å². The molecule has 100 valence electrons. The number of rotatable bonds is 2. The zero-order valence-electron chi connectivity index (χ0n) is 11.2. The van der Waals surface area contributed by atoms with Crippen molar-refractivity contribution < 1.29 is 9.63 Å². The van der Waals surface area contributed by atoms with E-state index in [0.29, 0.717) is 12.4 Å². The number of carbonyl (C=O) groups is 1. The van der Waals surface area contributed by atoms with Crippen LogP contribution in [-0.4, -0.2) is 16.6 Å². The molecule has 1 aromatic heterocycles. The number of amides is 1. The van der Waals surface area contributed by atoms with E-state index in [-0.39, 0.29) is 0 Å². The molecule has 18 heavy (non-hydrogen) atoms. The predicted molar refractivity (Wildman–Crippen MR) is 69.8 cm³/mol. The van der Waals surface area contributed by atoms with E-state index in [1.165, 1.54) is 4.90 Å². The summed E-state index contributed by atoms with van der Waals surface area (Å²) in [6.45, 7) is 7.88. The molecule has 0 aliphatic rings. The van der Waals surface area contributed by atoms with Crippen molar-refractivity contribution in [2.75, 3.05) is 4.90 Å². The summed E-state index contributed by atoms with van der Waals surface area (Å²) in [5.41, 5.74) is 6.82. The second kappa shape index (κ2) is 5.32. The van der Waals surface area contributed by atoms with Crippen molar-refractivity contribution in [2.45, 2.75) is 39.8 Å². The molecule has 0 radical (unpaired) electrons. The van der Waals surface area contributed by atoms with E-state index in [0.717, 1.165) is 11.3 Å². The fourth-order valence-corrected chi connectivity index (χ4v) is 1.68. The van der Waals surface area contributed by atoms with Gasteiger partial charge in [0.1, 0.15) is 5.82 Å². The Balaban J connectivity index is 3.22. The van der Waals surface area contributed by atoms with Crippen LogP contribution in [0.5, 0.6) is 0 Å². The lowest BCUT2D eigenvalue weighted by Gasteiger charge is -2.33. The molecule has 0 bridgehead atoms. The number of nitrogens with two attached hydrogens (primary N) is 2. The summed E-state index contributed by atoms with van der Waals surface area (Å²) in [4.78, 5) is 21.8. The van der Waals surface area contributed by atoms with Gasteiger partial charge in [-0.2, -0.15) is 5.90 Å². The highest BCUT2D eigenvalue weighted by molar-refractivity contribution is 5.87. The summed E-state index contributed by atoms with van der Waals surface area (Å²) in [6.07, 6.45) is -0.644. The number of hydrogen-bond acceptors (Lipinski definition) is 5. The largest absolute Gasteiger partial charge is 0.434 e. The molecular weight excluding hydrogens is 232 g/mol. The SMILES string of the molecule is Cc1nc(N(C(=O)ON)C(C)(C)C)ccc1CN. The molecule has 1 heterocycles. The molecule has 0 aliphatic heterocycles. The molecular formula is C12H20N4O2. The summed E-state index contributed by atoms with van der Waals surface area (Å²) >= 11 is 0. The molecule has 4 N–H and O–H groups in total. The fourth-order valence-electron chi connectivity index (χ4n) is 1.68. The highest BCUT2D eigenvalue weighted by Crippen LogP contribution is 2.23. The van der Waals surface area contributed by atoms with Crippen molar-refractivity contribution in [3.8, 4) is 0 Å². The van der Waals surface area contributed by atoms with E-state index in [2.05, 4.69) is 9.82 Å². The van der Waals surface area contributed by atoms with Crippen LogP contribution >= 0.6 is 0 Å². The first-order valence-corrected chi connectivity index (χ1v) is 5.68. The van der Waals surface area contributed by atoms with Crippen LogP contribution in [-0.2, 0) is 11.4 Å². The number of aryl methyl sites for hydroxylation is 1. The van der Waals surface area contributed by atoms with Gasteiger partial charge in [0.15, 0.2) is 0 Å². The second-order valence-electron chi connectivity index (χ2n) is 5.01. The summed E-state index contributed by atoms with van der Waals surface area (Å²) < 4.78 is 0. The molecule has 0 saturated heterocycles. The van der Waals surface area contributed by atoms with E-state index in [9.17, 15) is 4.79 Å². The maximum atomic E-state index is 11.7. The van der Waals surface area contributed by atoms with Crippen LogP contribution in [0.2, 0.25) is 0 Å². The number of anilines is 1. The molecule has 6 heteroatoms. The monoisotopic (exact) mass is 252 g/mol. The zero-order chi connectivity index (χ0) is 13.9. The normalized spacial score (nSPS) is 11.2. The van der Waals surface area contributed by atoms with Crippen molar-refractivity contribution >= 4 is 11.9 Å². The summed E-state index contributed by atoms with van der Waals surface area (Å²) in [5.74, 6) is 5.46. The molecule has 1 amide bonds. The molecule has 0 atom stereocenters. The van der Waals surface area contributed by atoms with Crippen LogP contribution in [0.15, 0.2) is 12.1 Å². The van der Waals surface area contributed by atoms with Crippen molar-refractivity contribution in [1.29, 1.82) is 0 Å². The quantitative estimate of drug-likeness (QED) is 0.777. The molecule has 0 spiro atoms. The number of nitrogens with zero attached hydrogens (tertiary/aromatic N) is 2. The molecule has 1 aromatic rings. The van der Waals surface area contributed by atoms with E-state index in [4.69, 9.17) is 11.6 Å². The third-order valence-corrected chi connectivity index (χ3v) is 2.58. The third-order valence-electron chi connectivity index (χ3n) is 2.58. The first kappa shape index (κ1) is 14.4. The highest BCUT2D eigenvalue weighted by Gasteiger charge is 2.30. The maximum Gasteiger partial charge on any atom is 0.434 e. The fraction of sp³-hybridized carbons (Fsp3) is 0.500. The Morgan fingerprint density at radius 2 is 2.06 bits per heavy atom. The van der Waals surface area contributed by atoms with Gasteiger partial charge >= 0.3 is 6.09 Å². The van der Waals surface area contributed by atoms with Crippen LogP contribution in [0.4, 0.5) is 10.6 Å². The van der Waals surface area contributed by atoms with Crippen molar-refractivity contribution in [1.82, 2.24) is 4.98 Å². The van der Waals surface area contributed by atoms with Gasteiger partial charge in [-0.25, -0.2) is 9.78 Å². The topological polar surface area (TPSA) is 94.5 Å². The number of aromatic nitrogens is 1. The Bertz CT molecular complexity index is 440. The lowest BCUT2D eigenvalue weighted by atomic mass is 10.1. The van der Waals surface area contributed by atoms with Gasteiger partial charge < -0.3 is 10.6 Å². The summed E-state index contributed by atoms with van der Waals surface area (Å²) in [7, 11) is 0. The Kier molecular flexibility index (Phi) is 4.26. The molecule has 6 nitrogen and oxygen atoms in total. The van der Waals surface area contributed by atoms with Crippen LogP contribution in [0, 0.1) is 6.92 Å². The lowest BCUT2D eigenvalue weighted by Crippen LogP contribution is -2.47. The number of hydrogen-bond donors (Lipinski definition) is 2. The minimum absolute atomic E-state index is 0.413. The summed E-state index contributed by atoms with van der Waals surface area (Å²) in [6, 6.07) is 3.58. The Morgan fingerprint density at radius 1 is 1.44 bits per heavy atom. The highest BCUT2D eigenvalue weighted by atomic mass is 16.7. The van der Waals surface area contributed by atoms with Crippen LogP contribution in [0.3, 0.4) is 0 Å². The van der Waals surface area contributed by atoms with Gasteiger partial charge in [0.2, 0.25) is 0 Å². The smallest absolute Gasteiger partial charge is 0.356 e. The minimum atomic E-state index is -0.644. The third kappa shape index (κ3) is 2.96. The first-order chi connectivity index (χ1) is 8.31. The summed E-state index contributed by atoms with van der Waals surface area (Å²) in [5, 5.41) is 0. The van der Waals surface area contributed by atoms with E-state index in [1.807, 2.05) is 33.8 Å². The molecule has 0 aromatic carbocycles. The second-order valence-corrected chi connectivity index (χ2v) is 5.01. The van der Waals surface area contributed by atoms with Gasteiger partial charge in [0.25, 0.3) is 0 Å². The maximum absolute atomic E-state index is 11.7. The van der Waals surface area contributed by atoms with Gasteiger partial charge in [-0.1, -0.05) is 6.07 Å². The standard InChI is InChI=1S/C12H20N4O2/c1-8-9(7-13)5-6-10(15-8)16(11(17)18-14)12(2,3)4/h5-6H,7,13-14H2,1-4H3. The molecule has 0 saturated carbocycles. The van der Waals surface area contributed by atoms with Crippen molar-refractivity contribution in [3.63, 3.8) is 0 Å². The van der Waals surface area contributed by atoms with Crippen LogP contribution in [0.1, 0.15) is 32.0 Å². The van der Waals surface area contributed by atoms with E-state index in [1.54, 1.807) is 6.07 Å². The lowest BCUT2D eigenvalue weighted by molar-refractivity contribution is 0.149. The zero-order valence-corrected chi connectivity index (χ0v) is 11.2. The Labute approximate surface area is 107 Å². The number of carbonyl (C=O) groups excluding carboxylic acids is 1. The van der Waals surface area contributed by atoms with E-state index >= 15 is 0 Å². The van der Waals surface area contributed by atoms with E-state index < -0.39 is 11.6 Å². The van der Waals surface area contributed by atoms with Gasteiger partial charge in [-0.3, -0.25) is 4.90 Å². The average molecular weight is 252 g/mol. The van der Waals surface area contributed by atoms with Gasteiger partial charge in [-0.15, -0.1) is 0 Å². The van der Waals surface area contributed by atoms with Crippen molar-refractivity contribution in [3.05, 3.63) is 23.4 Å². The van der Waals surface area contributed by atoms with Gasteiger partial charge in [-0.05, 0) is 39.3 Å². The first-order valence-electron chi connectivity index (χ1n) is 5.68. The minimum Gasteiger partial charge on any atom is -0.356 e. The van der Waals surface area contributed by atoms with Crippen LogP contribution in [0.25, 0.3) is 0 Å². The Hall–Kier alpha value is -1.66. The van der Waals surface area contributed by atoms with Gasteiger partial charge in [0.05, 0.1) is 0 Å². The molecule has 0 fully saturated rings. The Morgan fingerprint density at radius 3 is 2.44 bits per heavy atom. The van der Waals surface area contributed by atoms with Crippen LogP contribution < -0.4 is 16.5 Å². The average Bonchev–Trinajstić information content (AvgIpc) is 2.27.